The summed E-state index contributed by atoms with van der Waals surface area (Å²) in [6, 6.07) is 0. The lowest BCUT2D eigenvalue weighted by Gasteiger charge is -2.29. The highest BCUT2D eigenvalue weighted by molar-refractivity contribution is 6.01. The number of hydrogen-bond acceptors (Lipinski definition) is 12. The number of carbonyl (C=O) groups excluding carboxylic acids is 6. The number of carbonyl (C=O) groups is 6. The second kappa shape index (κ2) is 35.1. The normalized spacial score (nSPS) is 20.1. The summed E-state index contributed by atoms with van der Waals surface area (Å²) < 4.78 is 33.0. The first-order chi connectivity index (χ1) is 30.5. The molecule has 0 spiro atoms. The third kappa shape index (κ3) is 20.7. The molecule has 0 N–H and O–H groups in total. The molecule has 0 saturated heterocycles. The van der Waals surface area contributed by atoms with Gasteiger partial charge in [0.15, 0.2) is 16.2 Å². The standard InChI is InChI=1S/C51H90O12/c1-7-58-43(52)49(44(53)59-8-2)37-31-25-19-13-15-21-27-33-39-50(45(54)60-9-3,46(55)61-10-4)41-35-29-23-17-18-24-30-36-42-51(47(56)62-11-5,48(57)63-12-6)40-34-28-22-16-14-20-26-32-38-49/h7-42H2,1-6H3. The molecule has 12 nitrogen and oxygen atoms in total. The zero-order valence-electron chi connectivity index (χ0n) is 40.9. The summed E-state index contributed by atoms with van der Waals surface area (Å²) in [7, 11) is 0. The molecule has 12 heteroatoms. The number of hydrogen-bond donors (Lipinski definition) is 0. The van der Waals surface area contributed by atoms with E-state index in [4.69, 9.17) is 28.4 Å². The van der Waals surface area contributed by atoms with Crippen LogP contribution in [-0.4, -0.2) is 75.5 Å². The van der Waals surface area contributed by atoms with Crippen LogP contribution in [0.15, 0.2) is 0 Å². The van der Waals surface area contributed by atoms with Gasteiger partial charge in [-0.25, -0.2) is 0 Å². The van der Waals surface area contributed by atoms with Gasteiger partial charge in [0, 0.05) is 0 Å². The topological polar surface area (TPSA) is 158 Å². The second-order valence-corrected chi connectivity index (χ2v) is 17.6. The first-order valence-electron chi connectivity index (χ1n) is 25.5. The molecule has 1 aliphatic rings. The van der Waals surface area contributed by atoms with Crippen molar-refractivity contribution in [3.05, 3.63) is 0 Å². The first kappa shape index (κ1) is 57.8. The van der Waals surface area contributed by atoms with Crippen LogP contribution in [0, 0.1) is 16.2 Å². The van der Waals surface area contributed by atoms with E-state index in [0.717, 1.165) is 116 Å². The maximum Gasteiger partial charge on any atom is 0.323 e. The Labute approximate surface area is 382 Å². The molecule has 0 unspecified atom stereocenters. The summed E-state index contributed by atoms with van der Waals surface area (Å²) in [5, 5.41) is 0. The highest BCUT2D eigenvalue weighted by Gasteiger charge is 2.49. The molecule has 0 aliphatic heterocycles. The molecule has 0 aromatic rings. The molecule has 1 fully saturated rings. The van der Waals surface area contributed by atoms with Gasteiger partial charge in [0.2, 0.25) is 0 Å². The van der Waals surface area contributed by atoms with E-state index < -0.39 is 52.1 Å². The molecule has 0 aromatic carbocycles. The van der Waals surface area contributed by atoms with Gasteiger partial charge >= 0.3 is 35.8 Å². The summed E-state index contributed by atoms with van der Waals surface area (Å²) >= 11 is 0. The minimum absolute atomic E-state index is 0.196. The van der Waals surface area contributed by atoms with Gasteiger partial charge in [-0.15, -0.1) is 0 Å². The fourth-order valence-electron chi connectivity index (χ4n) is 9.21. The SMILES string of the molecule is CCOC(=O)C1(C(=O)OCC)CCCCCCCCCCC(C(=O)OCC)(C(=O)OCC)CCCCCCCCCCC(C(=O)OCC)(C(=O)OCC)CCCCCCCCCC1. The Morgan fingerprint density at radius 2 is 0.349 bits per heavy atom. The maximum atomic E-state index is 13.5. The van der Waals surface area contributed by atoms with Crippen molar-refractivity contribution in [1.82, 2.24) is 0 Å². The molecule has 0 bridgehead atoms. The van der Waals surface area contributed by atoms with Gasteiger partial charge in [-0.2, -0.15) is 0 Å². The van der Waals surface area contributed by atoms with Crippen molar-refractivity contribution in [2.24, 2.45) is 16.2 Å². The van der Waals surface area contributed by atoms with Crippen LogP contribution in [0.2, 0.25) is 0 Å². The Bertz CT molecular complexity index is 1030. The van der Waals surface area contributed by atoms with E-state index in [9.17, 15) is 28.8 Å². The summed E-state index contributed by atoms with van der Waals surface area (Å²) in [6.07, 6.45) is 23.9. The van der Waals surface area contributed by atoms with E-state index in [1.807, 2.05) is 0 Å². The second-order valence-electron chi connectivity index (χ2n) is 17.6. The fourth-order valence-corrected chi connectivity index (χ4v) is 9.21. The van der Waals surface area contributed by atoms with Crippen molar-refractivity contribution in [1.29, 1.82) is 0 Å². The van der Waals surface area contributed by atoms with Crippen LogP contribution >= 0.6 is 0 Å². The van der Waals surface area contributed by atoms with E-state index in [0.29, 0.717) is 77.0 Å². The van der Waals surface area contributed by atoms with Gasteiger partial charge in [-0.3, -0.25) is 28.8 Å². The monoisotopic (exact) mass is 895 g/mol. The zero-order valence-corrected chi connectivity index (χ0v) is 40.9. The molecule has 1 saturated carbocycles. The van der Waals surface area contributed by atoms with Gasteiger partial charge in [-0.1, -0.05) is 154 Å². The van der Waals surface area contributed by atoms with Gasteiger partial charge in [-0.05, 0) is 80.1 Å². The maximum absolute atomic E-state index is 13.5. The van der Waals surface area contributed by atoms with Crippen molar-refractivity contribution in [2.45, 2.75) is 234 Å². The van der Waals surface area contributed by atoms with Crippen LogP contribution in [0.1, 0.15) is 234 Å². The Balaban J connectivity index is 3.20. The predicted octanol–water partition coefficient (Wildman–Crippen LogP) is 12.0. The lowest BCUT2D eigenvalue weighted by atomic mass is 9.77. The Morgan fingerprint density at radius 3 is 0.460 bits per heavy atom. The molecule has 63 heavy (non-hydrogen) atoms. The minimum Gasteiger partial charge on any atom is -0.465 e. The van der Waals surface area contributed by atoms with Crippen molar-refractivity contribution in [3.8, 4) is 0 Å². The highest BCUT2D eigenvalue weighted by Crippen LogP contribution is 2.38. The molecule has 0 radical (unpaired) electrons. The van der Waals surface area contributed by atoms with Crippen LogP contribution in [0.25, 0.3) is 0 Å². The van der Waals surface area contributed by atoms with Gasteiger partial charge in [0.05, 0.1) is 39.6 Å². The first-order valence-corrected chi connectivity index (χ1v) is 25.5. The Morgan fingerprint density at radius 1 is 0.238 bits per heavy atom. The molecule has 0 atom stereocenters. The minimum atomic E-state index is -1.31. The van der Waals surface area contributed by atoms with E-state index >= 15 is 0 Å². The number of ether oxygens (including phenoxy) is 6. The average molecular weight is 895 g/mol. The molecular formula is C51H90O12. The lowest BCUT2D eigenvalue weighted by Crippen LogP contribution is -2.42. The van der Waals surface area contributed by atoms with Crippen molar-refractivity contribution in [2.75, 3.05) is 39.6 Å². The van der Waals surface area contributed by atoms with Crippen LogP contribution < -0.4 is 0 Å². The third-order valence-corrected chi connectivity index (χ3v) is 12.9. The molecule has 0 heterocycles. The van der Waals surface area contributed by atoms with Gasteiger partial charge in [0.25, 0.3) is 0 Å². The van der Waals surface area contributed by atoms with Crippen molar-refractivity contribution in [3.63, 3.8) is 0 Å². The van der Waals surface area contributed by atoms with Crippen molar-refractivity contribution < 1.29 is 57.2 Å². The van der Waals surface area contributed by atoms with Gasteiger partial charge < -0.3 is 28.4 Å². The van der Waals surface area contributed by atoms with Gasteiger partial charge in [0.1, 0.15) is 0 Å². The van der Waals surface area contributed by atoms with E-state index in [1.54, 1.807) is 41.5 Å². The molecule has 0 aromatic heterocycles. The van der Waals surface area contributed by atoms with Crippen molar-refractivity contribution >= 4 is 35.8 Å². The van der Waals surface area contributed by atoms with Crippen LogP contribution in [0.3, 0.4) is 0 Å². The van der Waals surface area contributed by atoms with E-state index in [1.165, 1.54) is 0 Å². The van der Waals surface area contributed by atoms with Crippen LogP contribution in [-0.2, 0) is 57.2 Å². The molecule has 1 aliphatic carbocycles. The molecule has 366 valence electrons. The predicted molar refractivity (Wildman–Crippen MR) is 246 cm³/mol. The summed E-state index contributed by atoms with van der Waals surface area (Å²) in [4.78, 5) is 80.9. The zero-order chi connectivity index (χ0) is 46.7. The van der Waals surface area contributed by atoms with Crippen LogP contribution in [0.4, 0.5) is 0 Å². The summed E-state index contributed by atoms with van der Waals surface area (Å²) in [6.45, 7) is 11.7. The Kier molecular flexibility index (Phi) is 32.2. The lowest BCUT2D eigenvalue weighted by molar-refractivity contribution is -0.175. The largest absolute Gasteiger partial charge is 0.465 e. The number of esters is 6. The molecular weight excluding hydrogens is 805 g/mol. The third-order valence-electron chi connectivity index (χ3n) is 12.9. The summed E-state index contributed by atoms with van der Waals surface area (Å²) in [5.41, 5.74) is -3.92. The quantitative estimate of drug-likeness (QED) is 0.104. The summed E-state index contributed by atoms with van der Waals surface area (Å²) in [5.74, 6) is -2.92. The highest BCUT2D eigenvalue weighted by atomic mass is 16.6. The van der Waals surface area contributed by atoms with E-state index in [-0.39, 0.29) is 39.6 Å². The Hall–Kier alpha value is -3.18. The van der Waals surface area contributed by atoms with E-state index in [2.05, 4.69) is 0 Å². The van der Waals surface area contributed by atoms with Crippen LogP contribution in [0.5, 0.6) is 0 Å². The molecule has 1 rings (SSSR count). The fraction of sp³-hybridized carbons (Fsp3) is 0.882. The average Bonchev–Trinajstić information content (AvgIpc) is 3.26. The number of rotatable bonds is 12. The molecule has 0 amide bonds. The smallest absolute Gasteiger partial charge is 0.323 e.